The fraction of sp³-hybridized carbons (Fsp3) is 0.281. The maximum absolute atomic E-state index is 13.8. The Morgan fingerprint density at radius 3 is 1.84 bits per heavy atom. The van der Waals surface area contributed by atoms with Gasteiger partial charge in [0.15, 0.2) is 6.04 Å². The van der Waals surface area contributed by atoms with Crippen molar-refractivity contribution in [2.45, 2.75) is 49.9 Å². The zero-order valence-corrected chi connectivity index (χ0v) is 28.6. The number of thioether (sulfide) groups is 1. The zero-order valence-electron chi connectivity index (χ0n) is 26.3. The fourth-order valence-corrected chi connectivity index (χ4v) is 7.69. The summed E-state index contributed by atoms with van der Waals surface area (Å²) in [6.45, 7) is 5.29. The van der Waals surface area contributed by atoms with Gasteiger partial charge in [-0.05, 0) is 39.8 Å². The first-order valence-electron chi connectivity index (χ1n) is 14.6. The summed E-state index contributed by atoms with van der Waals surface area (Å²) in [5, 5.41) is 32.5. The van der Waals surface area contributed by atoms with Gasteiger partial charge in [0, 0.05) is 15.9 Å². The molecule has 17 heteroatoms. The van der Waals surface area contributed by atoms with Crippen molar-refractivity contribution in [2.24, 2.45) is 0 Å². The van der Waals surface area contributed by atoms with Crippen molar-refractivity contribution in [3.8, 4) is 22.5 Å². The van der Waals surface area contributed by atoms with Crippen LogP contribution in [0.2, 0.25) is 10.0 Å². The molecule has 3 heterocycles. The van der Waals surface area contributed by atoms with Crippen molar-refractivity contribution in [1.82, 2.24) is 25.8 Å². The minimum Gasteiger partial charge on any atom is -0.480 e. The number of carboxylic acid groups (broad SMARTS) is 2. The number of aliphatic carboxylic acids is 2. The van der Waals surface area contributed by atoms with Crippen molar-refractivity contribution in [2.75, 3.05) is 6.54 Å². The second kappa shape index (κ2) is 13.9. The van der Waals surface area contributed by atoms with Gasteiger partial charge < -0.3 is 34.8 Å². The Labute approximate surface area is 293 Å². The molecular formula is C32H29Cl2N5O9S. The predicted octanol–water partition coefficient (Wildman–Crippen LogP) is 4.67. The van der Waals surface area contributed by atoms with Crippen LogP contribution in [-0.4, -0.2) is 83.8 Å². The van der Waals surface area contributed by atoms with Gasteiger partial charge >= 0.3 is 11.9 Å². The Morgan fingerprint density at radius 2 is 1.37 bits per heavy atom. The number of rotatable bonds is 10. The van der Waals surface area contributed by atoms with Gasteiger partial charge in [-0.15, -0.1) is 11.8 Å². The third-order valence-electron chi connectivity index (χ3n) is 7.83. The molecule has 0 spiro atoms. The Morgan fingerprint density at radius 1 is 0.878 bits per heavy atom. The summed E-state index contributed by atoms with van der Waals surface area (Å²) in [4.78, 5) is 67.0. The van der Waals surface area contributed by atoms with Gasteiger partial charge in [0.2, 0.25) is 5.91 Å². The van der Waals surface area contributed by atoms with Crippen LogP contribution < -0.4 is 10.6 Å². The number of aryl methyl sites for hydroxylation is 2. The van der Waals surface area contributed by atoms with E-state index in [1.165, 1.54) is 27.7 Å². The molecule has 14 nitrogen and oxygen atoms in total. The number of halogens is 2. The normalized spacial score (nSPS) is 17.4. The van der Waals surface area contributed by atoms with Crippen molar-refractivity contribution in [3.05, 3.63) is 81.2 Å². The average molecular weight is 731 g/mol. The highest BCUT2D eigenvalue weighted by Crippen LogP contribution is 2.46. The molecule has 3 amide bonds. The van der Waals surface area contributed by atoms with E-state index in [9.17, 15) is 34.2 Å². The highest BCUT2D eigenvalue weighted by molar-refractivity contribution is 8.01. The van der Waals surface area contributed by atoms with Gasteiger partial charge in [-0.25, -0.2) is 9.59 Å². The smallest absolute Gasteiger partial charge is 0.329 e. The SMILES string of the molecule is Cc1onc(-c2ccccc2Cl)c1C(=O)NCC(=O)N1C(C(NC(=O)c2c(-c3ccccc3Cl)noc2C)C(=O)O)SC(C)(C)C1C(=O)O. The monoisotopic (exact) mass is 729 g/mol. The summed E-state index contributed by atoms with van der Waals surface area (Å²) in [5.74, 6) is -5.36. The zero-order chi connectivity index (χ0) is 35.8. The van der Waals surface area contributed by atoms with E-state index in [0.717, 1.165) is 16.7 Å². The molecule has 2 aromatic carbocycles. The number of benzene rings is 2. The average Bonchev–Trinajstić information content (AvgIpc) is 3.70. The first-order valence-corrected chi connectivity index (χ1v) is 16.2. The van der Waals surface area contributed by atoms with E-state index >= 15 is 0 Å². The third-order valence-corrected chi connectivity index (χ3v) is 10.1. The van der Waals surface area contributed by atoms with Crippen LogP contribution in [0, 0.1) is 13.8 Å². The predicted molar refractivity (Wildman–Crippen MR) is 178 cm³/mol. The van der Waals surface area contributed by atoms with Crippen LogP contribution in [0.5, 0.6) is 0 Å². The van der Waals surface area contributed by atoms with E-state index < -0.39 is 58.4 Å². The van der Waals surface area contributed by atoms with Crippen LogP contribution in [0.15, 0.2) is 57.6 Å². The van der Waals surface area contributed by atoms with E-state index in [4.69, 9.17) is 32.2 Å². The van der Waals surface area contributed by atoms with Crippen molar-refractivity contribution >= 4 is 64.6 Å². The molecule has 1 aliphatic rings. The molecule has 3 atom stereocenters. The number of aromatic nitrogens is 2. The maximum Gasteiger partial charge on any atom is 0.329 e. The minimum absolute atomic E-state index is 0.00236. The van der Waals surface area contributed by atoms with E-state index in [2.05, 4.69) is 20.9 Å². The summed E-state index contributed by atoms with van der Waals surface area (Å²) in [7, 11) is 0. The van der Waals surface area contributed by atoms with E-state index in [0.29, 0.717) is 16.1 Å². The quantitative estimate of drug-likeness (QED) is 0.176. The molecule has 2 aromatic heterocycles. The molecule has 0 saturated carbocycles. The maximum atomic E-state index is 13.8. The van der Waals surface area contributed by atoms with E-state index in [1.54, 1.807) is 48.5 Å². The summed E-state index contributed by atoms with van der Waals surface area (Å²) in [5.41, 5.74) is 0.845. The van der Waals surface area contributed by atoms with E-state index in [1.807, 2.05) is 0 Å². The molecule has 3 unspecified atom stereocenters. The molecule has 4 N–H and O–H groups in total. The lowest BCUT2D eigenvalue weighted by molar-refractivity contribution is -0.152. The number of nitrogens with one attached hydrogen (secondary N) is 2. The van der Waals surface area contributed by atoms with Gasteiger partial charge in [-0.2, -0.15) is 0 Å². The van der Waals surface area contributed by atoms with Crippen LogP contribution in [0.1, 0.15) is 46.1 Å². The molecular weight excluding hydrogens is 701 g/mol. The first kappa shape index (κ1) is 35.4. The largest absolute Gasteiger partial charge is 0.480 e. The number of hydrogen-bond donors (Lipinski definition) is 4. The van der Waals surface area contributed by atoms with Gasteiger partial charge in [0.25, 0.3) is 11.8 Å². The highest BCUT2D eigenvalue weighted by atomic mass is 35.5. The number of carboxylic acids is 2. The number of carbonyl (C=O) groups is 5. The Bertz CT molecular complexity index is 1980. The summed E-state index contributed by atoms with van der Waals surface area (Å²) >= 11 is 13.5. The lowest BCUT2D eigenvalue weighted by atomic mass is 10.0. The molecule has 1 fully saturated rings. The molecule has 0 bridgehead atoms. The number of amides is 3. The molecule has 0 radical (unpaired) electrons. The third kappa shape index (κ3) is 6.86. The second-order valence-electron chi connectivity index (χ2n) is 11.5. The Hall–Kier alpha value is -4.86. The van der Waals surface area contributed by atoms with Crippen LogP contribution >= 0.6 is 35.0 Å². The summed E-state index contributed by atoms with van der Waals surface area (Å²) in [6, 6.07) is 9.78. The summed E-state index contributed by atoms with van der Waals surface area (Å²) in [6.07, 6.45) is 0. The highest BCUT2D eigenvalue weighted by Gasteiger charge is 2.57. The van der Waals surface area contributed by atoms with Crippen molar-refractivity contribution in [1.29, 1.82) is 0 Å². The van der Waals surface area contributed by atoms with Crippen LogP contribution in [-0.2, 0) is 14.4 Å². The standard InChI is InChI=1S/C32H29Cl2N5O9S/c1-14-21(23(37-47-14)16-9-5-7-11-18(16)33)27(41)35-13-20(40)39-26(31(45)46)32(3,4)49-29(39)25(30(43)44)36-28(42)22-15(2)48-38-24(22)17-10-6-8-12-19(17)34/h5-12,25-26,29H,13H2,1-4H3,(H,35,41)(H,36,42)(H,43,44)(H,45,46). The minimum atomic E-state index is -1.82. The van der Waals surface area contributed by atoms with Gasteiger partial charge in [-0.3, -0.25) is 14.4 Å². The number of hydrogen-bond acceptors (Lipinski definition) is 10. The topological polar surface area (TPSA) is 205 Å². The lowest BCUT2D eigenvalue weighted by Crippen LogP contribution is -2.59. The van der Waals surface area contributed by atoms with Gasteiger partial charge in [0.05, 0.1) is 16.6 Å². The molecule has 4 aromatic rings. The Balaban J connectivity index is 1.43. The molecule has 1 aliphatic heterocycles. The van der Waals surface area contributed by atoms with Gasteiger partial charge in [0.1, 0.15) is 45.5 Å². The van der Waals surface area contributed by atoms with Crippen molar-refractivity contribution in [3.63, 3.8) is 0 Å². The van der Waals surface area contributed by atoms with Crippen LogP contribution in [0.25, 0.3) is 22.5 Å². The molecule has 5 rings (SSSR count). The molecule has 1 saturated heterocycles. The lowest BCUT2D eigenvalue weighted by Gasteiger charge is -2.32. The van der Waals surface area contributed by atoms with Gasteiger partial charge in [-0.1, -0.05) is 69.9 Å². The second-order valence-corrected chi connectivity index (χ2v) is 14.1. The van der Waals surface area contributed by atoms with Crippen molar-refractivity contribution < 1.29 is 43.2 Å². The Kier molecular flexibility index (Phi) is 10.1. The number of nitrogens with zero attached hydrogens (tertiary/aromatic N) is 3. The fourth-order valence-electron chi connectivity index (χ4n) is 5.60. The first-order chi connectivity index (χ1) is 23.1. The number of carbonyl (C=O) groups excluding carboxylic acids is 3. The van der Waals surface area contributed by atoms with Crippen LogP contribution in [0.3, 0.4) is 0 Å². The summed E-state index contributed by atoms with van der Waals surface area (Å²) < 4.78 is 9.25. The molecule has 49 heavy (non-hydrogen) atoms. The molecule has 0 aliphatic carbocycles. The molecule has 256 valence electrons. The van der Waals surface area contributed by atoms with E-state index in [-0.39, 0.29) is 39.1 Å². The van der Waals surface area contributed by atoms with Crippen LogP contribution in [0.4, 0.5) is 0 Å².